The molecule has 0 spiro atoms. The summed E-state index contributed by atoms with van der Waals surface area (Å²) in [7, 11) is 0. The van der Waals surface area contributed by atoms with E-state index in [0.29, 0.717) is 23.8 Å². The van der Waals surface area contributed by atoms with Gasteiger partial charge in [0.15, 0.2) is 0 Å². The van der Waals surface area contributed by atoms with E-state index in [9.17, 15) is 14.9 Å². The van der Waals surface area contributed by atoms with Crippen LogP contribution < -0.4 is 10.6 Å². The Hall–Kier alpha value is -2.11. The first-order valence-corrected chi connectivity index (χ1v) is 7.95. The second-order valence-electron chi connectivity index (χ2n) is 5.72. The number of hydrogen-bond acceptors (Lipinski definition) is 4. The summed E-state index contributed by atoms with van der Waals surface area (Å²) in [6.45, 7) is 2.63. The minimum Gasteiger partial charge on any atom is -0.382 e. The predicted octanol–water partition coefficient (Wildman–Crippen LogP) is 3.48. The van der Waals surface area contributed by atoms with Crippen LogP contribution in [-0.4, -0.2) is 23.4 Å². The minimum atomic E-state index is -0.470. The zero-order chi connectivity index (χ0) is 15.9. The van der Waals surface area contributed by atoms with Crippen molar-refractivity contribution < 1.29 is 9.72 Å². The van der Waals surface area contributed by atoms with Crippen molar-refractivity contribution >= 4 is 17.3 Å². The number of nitro groups is 1. The molecule has 1 aromatic rings. The molecule has 1 aromatic carbocycles. The average Bonchev–Trinajstić information content (AvgIpc) is 3.00. The zero-order valence-corrected chi connectivity index (χ0v) is 12.9. The lowest BCUT2D eigenvalue weighted by Gasteiger charge is -2.17. The molecule has 1 amide bonds. The summed E-state index contributed by atoms with van der Waals surface area (Å²) >= 11 is 0. The second-order valence-corrected chi connectivity index (χ2v) is 5.72. The van der Waals surface area contributed by atoms with Gasteiger partial charge in [-0.2, -0.15) is 0 Å². The number of non-ortho nitro benzene ring substituents is 1. The molecule has 1 fully saturated rings. The van der Waals surface area contributed by atoms with Crippen molar-refractivity contribution in [2.24, 2.45) is 0 Å². The van der Waals surface area contributed by atoms with E-state index in [4.69, 9.17) is 0 Å². The second kappa shape index (κ2) is 7.77. The lowest BCUT2D eigenvalue weighted by molar-refractivity contribution is -0.384. The molecule has 0 bridgehead atoms. The summed E-state index contributed by atoms with van der Waals surface area (Å²) in [4.78, 5) is 22.8. The van der Waals surface area contributed by atoms with Gasteiger partial charge in [0.25, 0.3) is 11.6 Å². The van der Waals surface area contributed by atoms with Crippen LogP contribution in [0.3, 0.4) is 0 Å². The Morgan fingerprint density at radius 3 is 2.73 bits per heavy atom. The number of nitrogens with one attached hydrogen (secondary N) is 2. The van der Waals surface area contributed by atoms with E-state index in [0.717, 1.165) is 25.7 Å². The number of rotatable bonds is 7. The van der Waals surface area contributed by atoms with Crippen LogP contribution in [-0.2, 0) is 0 Å². The number of hydrogen-bond donors (Lipinski definition) is 2. The first kappa shape index (κ1) is 16.3. The summed E-state index contributed by atoms with van der Waals surface area (Å²) in [6, 6.07) is 4.80. The predicted molar refractivity (Wildman–Crippen MR) is 86.2 cm³/mol. The molecule has 0 saturated heterocycles. The molecule has 1 aliphatic carbocycles. The molecule has 0 aromatic heterocycles. The summed E-state index contributed by atoms with van der Waals surface area (Å²) in [5.74, 6) is -0.252. The van der Waals surface area contributed by atoms with Crippen LogP contribution >= 0.6 is 0 Å². The molecule has 120 valence electrons. The summed E-state index contributed by atoms with van der Waals surface area (Å²) in [5.41, 5.74) is 0.987. The summed E-state index contributed by atoms with van der Waals surface area (Å²) < 4.78 is 0. The fraction of sp³-hybridized carbons (Fsp3) is 0.562. The third kappa shape index (κ3) is 4.19. The summed E-state index contributed by atoms with van der Waals surface area (Å²) in [5, 5.41) is 17.1. The topological polar surface area (TPSA) is 84.3 Å². The number of nitrogens with zero attached hydrogens (tertiary/aromatic N) is 1. The van der Waals surface area contributed by atoms with Crippen LogP contribution in [0, 0.1) is 10.1 Å². The molecule has 6 heteroatoms. The van der Waals surface area contributed by atoms with Gasteiger partial charge in [0.2, 0.25) is 0 Å². The van der Waals surface area contributed by atoms with Gasteiger partial charge in [-0.3, -0.25) is 14.9 Å². The van der Waals surface area contributed by atoms with Gasteiger partial charge in [-0.05, 0) is 25.3 Å². The maximum Gasteiger partial charge on any atom is 0.270 e. The molecule has 22 heavy (non-hydrogen) atoms. The van der Waals surface area contributed by atoms with Crippen molar-refractivity contribution in [3.8, 4) is 0 Å². The van der Waals surface area contributed by atoms with Crippen LogP contribution in [0.5, 0.6) is 0 Å². The maximum atomic E-state index is 12.3. The van der Waals surface area contributed by atoms with E-state index < -0.39 is 4.92 Å². The van der Waals surface area contributed by atoms with Crippen LogP contribution in [0.15, 0.2) is 18.2 Å². The van der Waals surface area contributed by atoms with Crippen molar-refractivity contribution in [3.63, 3.8) is 0 Å². The monoisotopic (exact) mass is 305 g/mol. The number of nitro benzene ring substituents is 1. The normalized spacial score (nSPS) is 14.8. The van der Waals surface area contributed by atoms with Crippen molar-refractivity contribution in [2.45, 2.75) is 51.5 Å². The molecule has 0 unspecified atom stereocenters. The number of benzene rings is 1. The van der Waals surface area contributed by atoms with Gasteiger partial charge >= 0.3 is 0 Å². The van der Waals surface area contributed by atoms with Crippen LogP contribution in [0.1, 0.15) is 55.8 Å². The van der Waals surface area contributed by atoms with Gasteiger partial charge in [-0.25, -0.2) is 0 Å². The van der Waals surface area contributed by atoms with E-state index in [-0.39, 0.29) is 11.6 Å². The minimum absolute atomic E-state index is 0.0578. The Bertz CT molecular complexity index is 539. The first-order chi connectivity index (χ1) is 10.6. The van der Waals surface area contributed by atoms with Crippen LogP contribution in [0.4, 0.5) is 11.4 Å². The number of carbonyl (C=O) groups excluding carboxylic acids is 1. The average molecular weight is 305 g/mol. The number of carbonyl (C=O) groups is 1. The number of amides is 1. The molecular formula is C16H23N3O3. The first-order valence-electron chi connectivity index (χ1n) is 7.95. The number of unbranched alkanes of at least 4 members (excludes halogenated alkanes) is 1. The highest BCUT2D eigenvalue weighted by molar-refractivity contribution is 6.00. The third-order valence-electron chi connectivity index (χ3n) is 3.99. The van der Waals surface area contributed by atoms with Gasteiger partial charge < -0.3 is 10.6 Å². The van der Waals surface area contributed by atoms with E-state index in [1.165, 1.54) is 25.0 Å². The van der Waals surface area contributed by atoms with Crippen LogP contribution in [0.2, 0.25) is 0 Å². The largest absolute Gasteiger partial charge is 0.382 e. The van der Waals surface area contributed by atoms with Crippen molar-refractivity contribution in [2.75, 3.05) is 11.9 Å². The van der Waals surface area contributed by atoms with Crippen molar-refractivity contribution in [3.05, 3.63) is 33.9 Å². The highest BCUT2D eigenvalue weighted by Crippen LogP contribution is 2.27. The quantitative estimate of drug-likeness (QED) is 0.459. The molecule has 1 saturated carbocycles. The standard InChI is InChI=1S/C16H23N3O3/c1-2-3-10-17-16(20)14-11-13(19(21)22)8-9-15(14)18-12-6-4-5-7-12/h8-9,11-12,18H,2-7,10H2,1H3,(H,17,20). The molecule has 0 aliphatic heterocycles. The lowest BCUT2D eigenvalue weighted by Crippen LogP contribution is -2.26. The summed E-state index contributed by atoms with van der Waals surface area (Å²) in [6.07, 6.45) is 6.40. The Morgan fingerprint density at radius 1 is 1.36 bits per heavy atom. The SMILES string of the molecule is CCCCNC(=O)c1cc([N+](=O)[O-])ccc1NC1CCCC1. The Kier molecular flexibility index (Phi) is 5.75. The highest BCUT2D eigenvalue weighted by atomic mass is 16.6. The zero-order valence-electron chi connectivity index (χ0n) is 12.9. The van der Waals surface area contributed by atoms with Crippen molar-refractivity contribution in [1.82, 2.24) is 5.32 Å². The molecule has 0 atom stereocenters. The Morgan fingerprint density at radius 2 is 2.09 bits per heavy atom. The van der Waals surface area contributed by atoms with Gasteiger partial charge in [0.1, 0.15) is 0 Å². The molecule has 2 N–H and O–H groups in total. The lowest BCUT2D eigenvalue weighted by atomic mass is 10.1. The van der Waals surface area contributed by atoms with E-state index in [2.05, 4.69) is 10.6 Å². The van der Waals surface area contributed by atoms with E-state index >= 15 is 0 Å². The third-order valence-corrected chi connectivity index (χ3v) is 3.99. The molecule has 6 nitrogen and oxygen atoms in total. The molecule has 2 rings (SSSR count). The fourth-order valence-corrected chi connectivity index (χ4v) is 2.72. The Balaban J connectivity index is 2.18. The van der Waals surface area contributed by atoms with Gasteiger partial charge in [0.05, 0.1) is 10.5 Å². The molecular weight excluding hydrogens is 282 g/mol. The molecule has 1 aliphatic rings. The molecule has 0 radical (unpaired) electrons. The smallest absolute Gasteiger partial charge is 0.270 e. The fourth-order valence-electron chi connectivity index (χ4n) is 2.72. The van der Waals surface area contributed by atoms with Gasteiger partial charge in [-0.1, -0.05) is 26.2 Å². The van der Waals surface area contributed by atoms with Crippen LogP contribution in [0.25, 0.3) is 0 Å². The number of anilines is 1. The highest BCUT2D eigenvalue weighted by Gasteiger charge is 2.20. The maximum absolute atomic E-state index is 12.3. The van der Waals surface area contributed by atoms with Gasteiger partial charge in [0, 0.05) is 30.4 Å². The Labute approximate surface area is 130 Å². The molecule has 0 heterocycles. The van der Waals surface area contributed by atoms with Crippen molar-refractivity contribution in [1.29, 1.82) is 0 Å². The van der Waals surface area contributed by atoms with Gasteiger partial charge in [-0.15, -0.1) is 0 Å². The van der Waals surface area contributed by atoms with E-state index in [1.807, 2.05) is 6.92 Å². The van der Waals surface area contributed by atoms with E-state index in [1.54, 1.807) is 6.07 Å².